The Morgan fingerprint density at radius 1 is 1.00 bits per heavy atom. The van der Waals surface area contributed by atoms with E-state index in [1.165, 1.54) is 36.4 Å². The van der Waals surface area contributed by atoms with E-state index in [-0.39, 0.29) is 34.7 Å². The number of carbonyl (C=O) groups excluding carboxylic acids is 1. The molecule has 0 saturated heterocycles. The molecule has 0 saturated carbocycles. The summed E-state index contributed by atoms with van der Waals surface area (Å²) in [7, 11) is -3.87. The van der Waals surface area contributed by atoms with Crippen molar-refractivity contribution in [2.75, 3.05) is 6.54 Å². The molecule has 3 rings (SSSR count). The summed E-state index contributed by atoms with van der Waals surface area (Å²) in [6.45, 7) is 1.60. The molecule has 1 amide bonds. The number of benzene rings is 3. The number of aliphatic carboxylic acids is 1. The van der Waals surface area contributed by atoms with E-state index in [1.807, 2.05) is 6.92 Å². The zero-order valence-electron chi connectivity index (χ0n) is 17.9. The van der Waals surface area contributed by atoms with Crippen LogP contribution in [0.25, 0.3) is 0 Å². The smallest absolute Gasteiger partial charge is 0.352 e. The standard InChI is InChI=1S/C24H24N2O6S/c1-17-10-12-21(13-11-17)33(30,31)26-15-14-24(23(28)29,32-20-8-3-2-4-9-20)19-7-5-6-18(16-19)22(25)27/h2-13,16,26H,14-15H2,1H3,(H2,25,27)(H,28,29). The summed E-state index contributed by atoms with van der Waals surface area (Å²) in [4.78, 5) is 24.3. The highest BCUT2D eigenvalue weighted by molar-refractivity contribution is 7.89. The first-order valence-corrected chi connectivity index (χ1v) is 11.6. The third-order valence-corrected chi connectivity index (χ3v) is 6.57. The molecule has 0 aliphatic heterocycles. The number of amides is 1. The number of carbonyl (C=O) groups is 2. The number of carboxylic acid groups (broad SMARTS) is 1. The number of primary amides is 1. The van der Waals surface area contributed by atoms with Gasteiger partial charge in [0.15, 0.2) is 0 Å². The summed E-state index contributed by atoms with van der Waals surface area (Å²) < 4.78 is 33.7. The van der Waals surface area contributed by atoms with E-state index in [4.69, 9.17) is 10.5 Å². The highest BCUT2D eigenvalue weighted by Crippen LogP contribution is 2.33. The van der Waals surface area contributed by atoms with Crippen molar-refractivity contribution in [3.63, 3.8) is 0 Å². The highest BCUT2D eigenvalue weighted by Gasteiger charge is 2.43. The normalized spacial score (nSPS) is 13.1. The van der Waals surface area contributed by atoms with E-state index < -0.39 is 27.5 Å². The molecule has 0 bridgehead atoms. The molecular weight excluding hydrogens is 444 g/mol. The lowest BCUT2D eigenvalue weighted by Crippen LogP contribution is -2.44. The fourth-order valence-electron chi connectivity index (χ4n) is 3.30. The zero-order valence-corrected chi connectivity index (χ0v) is 18.7. The number of sulfonamides is 1. The summed E-state index contributed by atoms with van der Waals surface area (Å²) in [6.07, 6.45) is -0.259. The molecule has 0 aromatic heterocycles. The van der Waals surface area contributed by atoms with Crippen LogP contribution >= 0.6 is 0 Å². The second-order valence-electron chi connectivity index (χ2n) is 7.45. The van der Waals surface area contributed by atoms with Gasteiger partial charge in [-0.1, -0.05) is 48.0 Å². The zero-order chi connectivity index (χ0) is 24.1. The Hall–Kier alpha value is -3.69. The van der Waals surface area contributed by atoms with Crippen molar-refractivity contribution in [3.8, 4) is 5.75 Å². The first-order chi connectivity index (χ1) is 15.6. The number of ether oxygens (including phenoxy) is 1. The molecule has 4 N–H and O–H groups in total. The van der Waals surface area contributed by atoms with Crippen LogP contribution in [0.1, 0.15) is 27.9 Å². The molecule has 9 heteroatoms. The molecule has 0 heterocycles. The van der Waals surface area contributed by atoms with Crippen LogP contribution in [-0.4, -0.2) is 31.9 Å². The number of hydrogen-bond acceptors (Lipinski definition) is 5. The van der Waals surface area contributed by atoms with Crippen LogP contribution in [0.2, 0.25) is 0 Å². The number of para-hydroxylation sites is 1. The topological polar surface area (TPSA) is 136 Å². The van der Waals surface area contributed by atoms with Crippen molar-refractivity contribution in [3.05, 3.63) is 95.6 Å². The highest BCUT2D eigenvalue weighted by atomic mass is 32.2. The quantitative estimate of drug-likeness (QED) is 0.419. The predicted molar refractivity (Wildman–Crippen MR) is 122 cm³/mol. The fourth-order valence-corrected chi connectivity index (χ4v) is 4.34. The molecule has 33 heavy (non-hydrogen) atoms. The maximum absolute atomic E-state index is 12.7. The molecule has 0 radical (unpaired) electrons. The van der Waals surface area contributed by atoms with E-state index in [2.05, 4.69) is 4.72 Å². The summed E-state index contributed by atoms with van der Waals surface area (Å²) in [5.41, 5.74) is 4.55. The Morgan fingerprint density at radius 2 is 1.67 bits per heavy atom. The Balaban J connectivity index is 1.95. The Kier molecular flexibility index (Phi) is 7.15. The lowest BCUT2D eigenvalue weighted by molar-refractivity contribution is -0.157. The average Bonchev–Trinajstić information content (AvgIpc) is 2.79. The monoisotopic (exact) mass is 468 g/mol. The molecule has 8 nitrogen and oxygen atoms in total. The van der Waals surface area contributed by atoms with E-state index in [0.29, 0.717) is 0 Å². The van der Waals surface area contributed by atoms with Gasteiger partial charge in [-0.25, -0.2) is 17.9 Å². The van der Waals surface area contributed by atoms with Gasteiger partial charge < -0.3 is 15.6 Å². The van der Waals surface area contributed by atoms with Crippen molar-refractivity contribution in [1.82, 2.24) is 4.72 Å². The molecule has 1 atom stereocenters. The van der Waals surface area contributed by atoms with Gasteiger partial charge >= 0.3 is 5.97 Å². The van der Waals surface area contributed by atoms with Crippen LogP contribution in [0.4, 0.5) is 0 Å². The Morgan fingerprint density at radius 3 is 2.27 bits per heavy atom. The molecule has 3 aromatic rings. The van der Waals surface area contributed by atoms with E-state index in [9.17, 15) is 23.1 Å². The minimum absolute atomic E-state index is 0.0636. The van der Waals surface area contributed by atoms with Crippen molar-refractivity contribution < 1.29 is 27.9 Å². The van der Waals surface area contributed by atoms with Crippen LogP contribution in [-0.2, 0) is 20.4 Å². The van der Waals surface area contributed by atoms with E-state index in [0.717, 1.165) is 5.56 Å². The number of hydrogen-bond donors (Lipinski definition) is 3. The maximum atomic E-state index is 12.7. The predicted octanol–water partition coefficient (Wildman–Crippen LogP) is 2.82. The molecule has 0 aliphatic carbocycles. The van der Waals surface area contributed by atoms with Gasteiger partial charge in [-0.3, -0.25) is 4.79 Å². The number of carboxylic acids is 1. The molecule has 3 aromatic carbocycles. The fraction of sp³-hybridized carbons (Fsp3) is 0.167. The SMILES string of the molecule is Cc1ccc(S(=O)(=O)NCCC(Oc2ccccc2)(C(=O)O)c2cccc(C(N)=O)c2)cc1. The lowest BCUT2D eigenvalue weighted by Gasteiger charge is -2.31. The molecule has 1 unspecified atom stereocenters. The lowest BCUT2D eigenvalue weighted by atomic mass is 9.88. The number of aryl methyl sites for hydroxylation is 1. The van der Waals surface area contributed by atoms with Crippen LogP contribution < -0.4 is 15.2 Å². The van der Waals surface area contributed by atoms with E-state index in [1.54, 1.807) is 42.5 Å². The third kappa shape index (κ3) is 5.57. The van der Waals surface area contributed by atoms with Crippen molar-refractivity contribution >= 4 is 21.9 Å². The van der Waals surface area contributed by atoms with Crippen LogP contribution in [0.5, 0.6) is 5.75 Å². The number of nitrogens with one attached hydrogen (secondary N) is 1. The summed E-state index contributed by atoms with van der Waals surface area (Å²) in [5, 5.41) is 10.2. The van der Waals surface area contributed by atoms with Crippen molar-refractivity contribution in [1.29, 1.82) is 0 Å². The first-order valence-electron chi connectivity index (χ1n) is 10.1. The van der Waals surface area contributed by atoms with Gasteiger partial charge in [0.05, 0.1) is 4.90 Å². The molecule has 0 spiro atoms. The number of nitrogens with two attached hydrogens (primary N) is 1. The van der Waals surface area contributed by atoms with Gasteiger partial charge in [0, 0.05) is 24.1 Å². The molecular formula is C24H24N2O6S. The second kappa shape index (κ2) is 9.85. The van der Waals surface area contributed by atoms with Crippen LogP contribution in [0.3, 0.4) is 0 Å². The maximum Gasteiger partial charge on any atom is 0.352 e. The van der Waals surface area contributed by atoms with Gasteiger partial charge in [-0.15, -0.1) is 0 Å². The van der Waals surface area contributed by atoms with Crippen LogP contribution in [0, 0.1) is 6.92 Å². The average molecular weight is 469 g/mol. The van der Waals surface area contributed by atoms with Crippen LogP contribution in [0.15, 0.2) is 83.8 Å². The third-order valence-electron chi connectivity index (χ3n) is 5.09. The Labute approximate surface area is 192 Å². The molecule has 0 fully saturated rings. The summed E-state index contributed by atoms with van der Waals surface area (Å²) in [5.74, 6) is -1.80. The van der Waals surface area contributed by atoms with Crippen molar-refractivity contribution in [2.45, 2.75) is 23.8 Å². The summed E-state index contributed by atoms with van der Waals surface area (Å²) >= 11 is 0. The van der Waals surface area contributed by atoms with Gasteiger partial charge in [-0.05, 0) is 43.3 Å². The second-order valence-corrected chi connectivity index (χ2v) is 9.22. The van der Waals surface area contributed by atoms with Crippen molar-refractivity contribution in [2.24, 2.45) is 5.73 Å². The minimum atomic E-state index is -3.87. The van der Waals surface area contributed by atoms with E-state index >= 15 is 0 Å². The Bertz CT molecular complexity index is 1240. The molecule has 172 valence electrons. The van der Waals surface area contributed by atoms with Gasteiger partial charge in [-0.2, -0.15) is 0 Å². The van der Waals surface area contributed by atoms with Gasteiger partial charge in [0.2, 0.25) is 21.5 Å². The van der Waals surface area contributed by atoms with Gasteiger partial charge in [0.25, 0.3) is 0 Å². The first kappa shape index (κ1) is 24.0. The minimum Gasteiger partial charge on any atom is -0.478 e. The number of rotatable bonds is 10. The summed E-state index contributed by atoms with van der Waals surface area (Å²) in [6, 6.07) is 20.4. The van der Waals surface area contributed by atoms with Gasteiger partial charge in [0.1, 0.15) is 5.75 Å². The molecule has 0 aliphatic rings. The largest absolute Gasteiger partial charge is 0.478 e.